The molecule has 5 rings (SSSR count). The average molecular weight is 406 g/mol. The van der Waals surface area contributed by atoms with E-state index in [1.807, 2.05) is 30.3 Å². The van der Waals surface area contributed by atoms with Gasteiger partial charge in [-0.2, -0.15) is 5.10 Å². The number of nitrogens with one attached hydrogen (secondary N) is 1. The molecule has 0 radical (unpaired) electrons. The van der Waals surface area contributed by atoms with Gasteiger partial charge in [0.1, 0.15) is 5.52 Å². The Labute approximate surface area is 170 Å². The number of H-pyrrole nitrogens is 1. The van der Waals surface area contributed by atoms with E-state index in [0.717, 1.165) is 34.7 Å². The number of ether oxygens (including phenoxy) is 2. The number of thioether (sulfide) groups is 1. The maximum atomic E-state index is 12.3. The number of rotatable bonds is 5. The second-order valence-electron chi connectivity index (χ2n) is 6.69. The van der Waals surface area contributed by atoms with E-state index >= 15 is 0 Å². The van der Waals surface area contributed by atoms with E-state index in [1.165, 1.54) is 17.3 Å². The number of aryl methyl sites for hydroxylation is 1. The summed E-state index contributed by atoms with van der Waals surface area (Å²) in [5.74, 6) is 2.17. The van der Waals surface area contributed by atoms with Crippen molar-refractivity contribution in [2.24, 2.45) is 0 Å². The van der Waals surface area contributed by atoms with Crippen LogP contribution in [0.2, 0.25) is 0 Å². The molecule has 0 atom stereocenters. The van der Waals surface area contributed by atoms with Gasteiger partial charge in [0, 0.05) is 11.3 Å². The average Bonchev–Trinajstić information content (AvgIpc) is 3.41. The highest BCUT2D eigenvalue weighted by Crippen LogP contribution is 2.34. The van der Waals surface area contributed by atoms with Crippen molar-refractivity contribution in [3.05, 3.63) is 70.0 Å². The number of aromatic amines is 1. The minimum Gasteiger partial charge on any atom is -0.454 e. The van der Waals surface area contributed by atoms with Crippen LogP contribution in [0.15, 0.2) is 58.5 Å². The summed E-state index contributed by atoms with van der Waals surface area (Å²) in [7, 11) is 0. The lowest BCUT2D eigenvalue weighted by Crippen LogP contribution is -2.13. The summed E-state index contributed by atoms with van der Waals surface area (Å²) in [4.78, 5) is 12.3. The highest BCUT2D eigenvalue weighted by Gasteiger charge is 2.15. The standard InChI is InChI=1S/C21H18N4O3S/c1-2-13-3-6-15(7-4-13)16-10-17-20(26)22-23-21(25(17)24-16)29-11-14-5-8-18-19(9-14)28-12-27-18/h3-10H,2,11-12H2,1H3,(H,22,26). The van der Waals surface area contributed by atoms with Gasteiger partial charge in [0.05, 0.1) is 5.69 Å². The molecule has 0 amide bonds. The molecule has 0 saturated heterocycles. The Kier molecular flexibility index (Phi) is 4.48. The summed E-state index contributed by atoms with van der Waals surface area (Å²) in [6.07, 6.45) is 0.982. The van der Waals surface area contributed by atoms with Crippen LogP contribution in [-0.4, -0.2) is 26.6 Å². The Morgan fingerprint density at radius 1 is 1.07 bits per heavy atom. The predicted octanol–water partition coefficient (Wildman–Crippen LogP) is 3.67. The van der Waals surface area contributed by atoms with Gasteiger partial charge in [-0.05, 0) is 35.7 Å². The fourth-order valence-corrected chi connectivity index (χ4v) is 4.06. The highest BCUT2D eigenvalue weighted by atomic mass is 32.2. The van der Waals surface area contributed by atoms with Gasteiger partial charge in [0.2, 0.25) is 11.9 Å². The van der Waals surface area contributed by atoms with Crippen LogP contribution < -0.4 is 15.0 Å². The van der Waals surface area contributed by atoms with Crippen molar-refractivity contribution >= 4 is 17.3 Å². The molecule has 1 aliphatic heterocycles. The lowest BCUT2D eigenvalue weighted by Gasteiger charge is -2.04. The van der Waals surface area contributed by atoms with Gasteiger partial charge >= 0.3 is 0 Å². The summed E-state index contributed by atoms with van der Waals surface area (Å²) in [6.45, 7) is 2.37. The number of hydrogen-bond acceptors (Lipinski definition) is 6. The highest BCUT2D eigenvalue weighted by molar-refractivity contribution is 7.98. The van der Waals surface area contributed by atoms with Gasteiger partial charge in [0.25, 0.3) is 5.56 Å². The van der Waals surface area contributed by atoms with Crippen LogP contribution in [0.5, 0.6) is 11.5 Å². The molecule has 3 heterocycles. The topological polar surface area (TPSA) is 81.5 Å². The lowest BCUT2D eigenvalue weighted by atomic mass is 10.1. The van der Waals surface area contributed by atoms with Crippen molar-refractivity contribution in [1.82, 2.24) is 19.8 Å². The molecular formula is C21H18N4O3S. The van der Waals surface area contributed by atoms with E-state index in [2.05, 4.69) is 34.4 Å². The molecule has 2 aromatic heterocycles. The van der Waals surface area contributed by atoms with Gasteiger partial charge in [-0.15, -0.1) is 5.10 Å². The number of benzene rings is 2. The van der Waals surface area contributed by atoms with Crippen LogP contribution in [0.1, 0.15) is 18.1 Å². The van der Waals surface area contributed by atoms with E-state index < -0.39 is 0 Å². The SMILES string of the molecule is CCc1ccc(-c2cc3c(=O)[nH]nc(SCc4ccc5c(c4)OCO5)n3n2)cc1. The fraction of sp³-hybridized carbons (Fsp3) is 0.190. The molecule has 8 heteroatoms. The summed E-state index contributed by atoms with van der Waals surface area (Å²) >= 11 is 1.49. The first kappa shape index (κ1) is 17.8. The van der Waals surface area contributed by atoms with Gasteiger partial charge in [-0.3, -0.25) is 4.79 Å². The normalized spacial score (nSPS) is 12.6. The molecule has 7 nitrogen and oxygen atoms in total. The number of hydrogen-bond donors (Lipinski definition) is 1. The monoisotopic (exact) mass is 406 g/mol. The van der Waals surface area contributed by atoms with Gasteiger partial charge in [0.15, 0.2) is 11.5 Å². The zero-order valence-electron chi connectivity index (χ0n) is 15.7. The van der Waals surface area contributed by atoms with Crippen LogP contribution in [0, 0.1) is 0 Å². The first-order chi connectivity index (χ1) is 14.2. The van der Waals surface area contributed by atoms with E-state index in [9.17, 15) is 4.79 Å². The van der Waals surface area contributed by atoms with Crippen molar-refractivity contribution in [1.29, 1.82) is 0 Å². The number of aromatic nitrogens is 4. The third-order valence-corrected chi connectivity index (χ3v) is 5.84. The van der Waals surface area contributed by atoms with E-state index in [0.29, 0.717) is 16.4 Å². The summed E-state index contributed by atoms with van der Waals surface area (Å²) in [5.41, 5.74) is 4.26. The molecule has 1 N–H and O–H groups in total. The van der Waals surface area contributed by atoms with Crippen molar-refractivity contribution < 1.29 is 9.47 Å². The summed E-state index contributed by atoms with van der Waals surface area (Å²) in [5, 5.41) is 12.0. The smallest absolute Gasteiger partial charge is 0.290 e. The van der Waals surface area contributed by atoms with Crippen LogP contribution >= 0.6 is 11.8 Å². The van der Waals surface area contributed by atoms with Crippen molar-refractivity contribution in [2.75, 3.05) is 6.79 Å². The molecule has 2 aromatic carbocycles. The van der Waals surface area contributed by atoms with Gasteiger partial charge < -0.3 is 9.47 Å². The van der Waals surface area contributed by atoms with Crippen LogP contribution in [0.3, 0.4) is 0 Å². The van der Waals surface area contributed by atoms with Gasteiger partial charge in [-0.1, -0.05) is 49.0 Å². The first-order valence-corrected chi connectivity index (χ1v) is 10.3. The molecule has 146 valence electrons. The van der Waals surface area contributed by atoms with Crippen molar-refractivity contribution in [3.8, 4) is 22.8 Å². The molecular weight excluding hydrogens is 388 g/mol. The van der Waals surface area contributed by atoms with Gasteiger partial charge in [-0.25, -0.2) is 9.61 Å². The maximum absolute atomic E-state index is 12.3. The Morgan fingerprint density at radius 2 is 1.86 bits per heavy atom. The quantitative estimate of drug-likeness (QED) is 0.510. The Balaban J connectivity index is 1.45. The number of fused-ring (bicyclic) bond motifs is 2. The lowest BCUT2D eigenvalue weighted by molar-refractivity contribution is 0.174. The predicted molar refractivity (Wildman–Crippen MR) is 111 cm³/mol. The molecule has 0 spiro atoms. The second-order valence-corrected chi connectivity index (χ2v) is 7.63. The molecule has 4 aromatic rings. The fourth-order valence-electron chi connectivity index (χ4n) is 3.22. The minimum atomic E-state index is -0.263. The third kappa shape index (κ3) is 3.36. The Bertz CT molecular complexity index is 1250. The minimum absolute atomic E-state index is 0.253. The maximum Gasteiger partial charge on any atom is 0.290 e. The molecule has 0 saturated carbocycles. The van der Waals surface area contributed by atoms with Crippen LogP contribution in [0.4, 0.5) is 0 Å². The van der Waals surface area contributed by atoms with E-state index in [-0.39, 0.29) is 12.4 Å². The zero-order valence-corrected chi connectivity index (χ0v) is 16.5. The van der Waals surface area contributed by atoms with Crippen molar-refractivity contribution in [3.63, 3.8) is 0 Å². The second kappa shape index (κ2) is 7.29. The van der Waals surface area contributed by atoms with Crippen LogP contribution in [-0.2, 0) is 12.2 Å². The molecule has 0 aliphatic carbocycles. The summed E-state index contributed by atoms with van der Waals surface area (Å²) in [6, 6.07) is 15.9. The van der Waals surface area contributed by atoms with Crippen LogP contribution in [0.25, 0.3) is 16.8 Å². The molecule has 1 aliphatic rings. The van der Waals surface area contributed by atoms with E-state index in [1.54, 1.807) is 10.6 Å². The first-order valence-electron chi connectivity index (χ1n) is 9.30. The summed E-state index contributed by atoms with van der Waals surface area (Å²) < 4.78 is 12.4. The molecule has 29 heavy (non-hydrogen) atoms. The largest absolute Gasteiger partial charge is 0.454 e. The molecule has 0 bridgehead atoms. The van der Waals surface area contributed by atoms with Crippen molar-refractivity contribution in [2.45, 2.75) is 24.3 Å². The Hall–Kier alpha value is -3.26. The number of nitrogens with zero attached hydrogens (tertiary/aromatic N) is 3. The third-order valence-electron chi connectivity index (χ3n) is 4.84. The van der Waals surface area contributed by atoms with E-state index in [4.69, 9.17) is 9.47 Å². The molecule has 0 fully saturated rings. The Morgan fingerprint density at radius 3 is 2.69 bits per heavy atom. The zero-order chi connectivity index (χ0) is 19.8. The molecule has 0 unspecified atom stereocenters.